The van der Waals surface area contributed by atoms with E-state index in [1.165, 1.54) is 7.11 Å². The molecule has 0 spiro atoms. The Hall–Kier alpha value is -3.13. The highest BCUT2D eigenvalue weighted by atomic mass is 32.1. The lowest BCUT2D eigenvalue weighted by atomic mass is 9.89. The molecule has 13 heteroatoms. The molecule has 1 aromatic carbocycles. The molecule has 12 nitrogen and oxygen atoms in total. The van der Waals surface area contributed by atoms with Gasteiger partial charge in [-0.15, -0.1) is 0 Å². The first kappa shape index (κ1) is 45.0. The van der Waals surface area contributed by atoms with Crippen molar-refractivity contribution < 1.29 is 33.4 Å². The number of nitrogens with one attached hydrogen (secondary N) is 3. The Kier molecular flexibility index (Phi) is 18.1. The molecule has 0 radical (unpaired) electrons. The Morgan fingerprint density at radius 1 is 1.02 bits per heavy atom. The van der Waals surface area contributed by atoms with Gasteiger partial charge in [-0.2, -0.15) is 0 Å². The van der Waals surface area contributed by atoms with E-state index in [1.54, 1.807) is 47.1 Å². The van der Waals surface area contributed by atoms with Crippen molar-refractivity contribution in [3.63, 3.8) is 0 Å². The highest BCUT2D eigenvalue weighted by molar-refractivity contribution is 7.80. The lowest BCUT2D eigenvalue weighted by Crippen LogP contribution is -2.61. The number of ether oxygens (including phenoxy) is 3. The summed E-state index contributed by atoms with van der Waals surface area (Å²) in [5.41, 5.74) is 0.105. The van der Waals surface area contributed by atoms with Crippen molar-refractivity contribution in [2.75, 3.05) is 42.0 Å². The van der Waals surface area contributed by atoms with Gasteiger partial charge in [0.05, 0.1) is 48.3 Å². The standard InChI is InChI=1S/C39H65N5O7S/c1-13-25(4)33(43(9)36(46)32(24(2)3)42-38(48)39(6,7)40-8)30(49-10)23-31(45)44-21-17-20-29(44)34(50-11)26(5)35(52)41-28(37(47)51-12)22-27-18-15-14-16-19-27/h14-16,18-19,24-26,28-30,32-34,40H,13,17,20-23H2,1-12H3,(H,41,52)(H,42,48)/t25-,26+,28-,29-,30+,32-,33-,34+/m0/s1. The van der Waals surface area contributed by atoms with Crippen LogP contribution in [0.2, 0.25) is 0 Å². The van der Waals surface area contributed by atoms with E-state index in [-0.39, 0.29) is 47.9 Å². The van der Waals surface area contributed by atoms with Crippen LogP contribution in [0.1, 0.15) is 79.7 Å². The lowest BCUT2D eigenvalue weighted by Gasteiger charge is -2.41. The number of hydrogen-bond donors (Lipinski definition) is 3. The second-order valence-corrected chi connectivity index (χ2v) is 15.4. The number of thiocarbonyl (C=S) groups is 1. The Labute approximate surface area is 317 Å². The Bertz CT molecular complexity index is 1330. The van der Waals surface area contributed by atoms with E-state index in [0.29, 0.717) is 18.0 Å². The second-order valence-electron chi connectivity index (χ2n) is 14.9. The third-order valence-corrected chi connectivity index (χ3v) is 11.2. The molecule has 0 bridgehead atoms. The Morgan fingerprint density at radius 2 is 1.65 bits per heavy atom. The summed E-state index contributed by atoms with van der Waals surface area (Å²) in [6.45, 7) is 13.9. The number of rotatable bonds is 20. The first-order valence-corrected chi connectivity index (χ1v) is 18.9. The zero-order valence-corrected chi connectivity index (χ0v) is 34.3. The van der Waals surface area contributed by atoms with Crippen LogP contribution in [-0.2, 0) is 39.8 Å². The molecule has 0 aromatic heterocycles. The molecule has 0 unspecified atom stereocenters. The topological polar surface area (TPSA) is 139 Å². The van der Waals surface area contributed by atoms with Crippen LogP contribution >= 0.6 is 12.2 Å². The zero-order chi connectivity index (χ0) is 39.3. The monoisotopic (exact) mass is 747 g/mol. The van der Waals surface area contributed by atoms with Crippen molar-refractivity contribution in [3.8, 4) is 0 Å². The molecule has 1 aromatic rings. The molecule has 1 fully saturated rings. The highest BCUT2D eigenvalue weighted by Crippen LogP contribution is 2.30. The molecule has 52 heavy (non-hydrogen) atoms. The second kappa shape index (κ2) is 20.9. The fraction of sp³-hybridized carbons (Fsp3) is 0.718. The molecule has 2 rings (SSSR count). The van der Waals surface area contributed by atoms with Gasteiger partial charge in [0, 0.05) is 40.2 Å². The number of carbonyl (C=O) groups excluding carboxylic acids is 4. The summed E-state index contributed by atoms with van der Waals surface area (Å²) in [4.78, 5) is 58.1. The minimum atomic E-state index is -0.863. The van der Waals surface area contributed by atoms with E-state index in [2.05, 4.69) is 16.0 Å². The van der Waals surface area contributed by atoms with E-state index in [9.17, 15) is 19.2 Å². The summed E-state index contributed by atoms with van der Waals surface area (Å²) in [7, 11) is 7.98. The summed E-state index contributed by atoms with van der Waals surface area (Å²) in [6, 6.07) is 7.52. The van der Waals surface area contributed by atoms with Gasteiger partial charge in [0.15, 0.2) is 0 Å². The molecular weight excluding hydrogens is 683 g/mol. The maximum Gasteiger partial charge on any atom is 0.328 e. The van der Waals surface area contributed by atoms with Crippen molar-refractivity contribution >= 4 is 40.9 Å². The molecule has 8 atom stereocenters. The maximum atomic E-state index is 14.2. The van der Waals surface area contributed by atoms with Crippen LogP contribution in [0, 0.1) is 17.8 Å². The van der Waals surface area contributed by atoms with Gasteiger partial charge >= 0.3 is 5.97 Å². The SMILES string of the molecule is CC[C@H](C)[C@@H]([C@@H](CC(=O)N1CCC[C@H]1[C@H](OC)[C@@H](C)C(=S)N[C@@H](Cc1ccccc1)C(=O)OC)OC)N(C)C(=O)[C@@H](NC(=O)C(C)(C)NC)C(C)C. The van der Waals surface area contributed by atoms with Crippen molar-refractivity contribution in [2.45, 2.75) is 122 Å². The van der Waals surface area contributed by atoms with Crippen LogP contribution in [0.15, 0.2) is 30.3 Å². The molecule has 1 aliphatic heterocycles. The number of carbonyl (C=O) groups is 4. The van der Waals surface area contributed by atoms with Crippen LogP contribution in [0.25, 0.3) is 0 Å². The van der Waals surface area contributed by atoms with Crippen LogP contribution in [0.3, 0.4) is 0 Å². The van der Waals surface area contributed by atoms with Crippen molar-refractivity contribution in [1.82, 2.24) is 25.8 Å². The average molecular weight is 748 g/mol. The average Bonchev–Trinajstić information content (AvgIpc) is 3.62. The van der Waals surface area contributed by atoms with Gasteiger partial charge in [0.1, 0.15) is 12.1 Å². The number of methoxy groups -OCH3 is 3. The van der Waals surface area contributed by atoms with Crippen LogP contribution in [-0.4, -0.2) is 122 Å². The molecule has 1 heterocycles. The van der Waals surface area contributed by atoms with Gasteiger partial charge in [-0.25, -0.2) is 4.79 Å². The summed E-state index contributed by atoms with van der Waals surface area (Å²) in [5.74, 6) is -1.54. The van der Waals surface area contributed by atoms with E-state index in [4.69, 9.17) is 26.4 Å². The zero-order valence-electron chi connectivity index (χ0n) is 33.5. The number of likely N-dealkylation sites (tertiary alicyclic amines) is 1. The maximum absolute atomic E-state index is 14.2. The molecule has 294 valence electrons. The van der Waals surface area contributed by atoms with E-state index < -0.39 is 41.8 Å². The number of benzene rings is 1. The quantitative estimate of drug-likeness (QED) is 0.134. The number of amides is 3. The van der Waals surface area contributed by atoms with E-state index in [1.807, 2.05) is 69.9 Å². The summed E-state index contributed by atoms with van der Waals surface area (Å²) in [5, 5.41) is 9.17. The van der Waals surface area contributed by atoms with Gasteiger partial charge < -0.3 is 40.0 Å². The normalized spacial score (nSPS) is 18.8. The molecule has 0 saturated carbocycles. The summed E-state index contributed by atoms with van der Waals surface area (Å²) < 4.78 is 17.1. The molecule has 1 aliphatic rings. The van der Waals surface area contributed by atoms with Gasteiger partial charge in [-0.3, -0.25) is 14.4 Å². The fourth-order valence-electron chi connectivity index (χ4n) is 6.96. The lowest BCUT2D eigenvalue weighted by molar-refractivity contribution is -0.147. The number of hydrogen-bond acceptors (Lipinski definition) is 9. The van der Waals surface area contributed by atoms with Gasteiger partial charge in [0.2, 0.25) is 17.7 Å². The van der Waals surface area contributed by atoms with Crippen molar-refractivity contribution in [3.05, 3.63) is 35.9 Å². The Morgan fingerprint density at radius 3 is 2.17 bits per heavy atom. The van der Waals surface area contributed by atoms with Crippen molar-refractivity contribution in [2.24, 2.45) is 17.8 Å². The number of likely N-dealkylation sites (N-methyl/N-ethyl adjacent to an activating group) is 2. The highest BCUT2D eigenvalue weighted by Gasteiger charge is 2.43. The van der Waals surface area contributed by atoms with Gasteiger partial charge in [-0.1, -0.05) is 83.6 Å². The molecular formula is C39H65N5O7S. The molecule has 0 aliphatic carbocycles. The first-order chi connectivity index (χ1) is 24.5. The summed E-state index contributed by atoms with van der Waals surface area (Å²) >= 11 is 5.84. The largest absolute Gasteiger partial charge is 0.467 e. The van der Waals surface area contributed by atoms with Gasteiger partial charge in [-0.05, 0) is 51.1 Å². The van der Waals surface area contributed by atoms with Crippen LogP contribution in [0.4, 0.5) is 0 Å². The van der Waals surface area contributed by atoms with Gasteiger partial charge in [0.25, 0.3) is 0 Å². The third-order valence-electron chi connectivity index (χ3n) is 10.8. The molecule has 3 N–H and O–H groups in total. The van der Waals surface area contributed by atoms with Crippen LogP contribution < -0.4 is 16.0 Å². The minimum Gasteiger partial charge on any atom is -0.467 e. The number of esters is 1. The number of nitrogens with zero attached hydrogens (tertiary/aromatic N) is 2. The predicted octanol–water partition coefficient (Wildman–Crippen LogP) is 3.75. The van der Waals surface area contributed by atoms with Crippen molar-refractivity contribution in [1.29, 1.82) is 0 Å². The summed E-state index contributed by atoms with van der Waals surface area (Å²) in [6.07, 6.45) is 1.69. The Balaban J connectivity index is 2.28. The first-order valence-electron chi connectivity index (χ1n) is 18.5. The fourth-order valence-corrected chi connectivity index (χ4v) is 7.24. The molecule has 3 amide bonds. The third kappa shape index (κ3) is 11.7. The molecule has 1 saturated heterocycles. The minimum absolute atomic E-state index is 0.00725. The van der Waals surface area contributed by atoms with E-state index in [0.717, 1.165) is 24.8 Å². The van der Waals surface area contributed by atoms with E-state index >= 15 is 0 Å². The smallest absolute Gasteiger partial charge is 0.328 e. The predicted molar refractivity (Wildman–Crippen MR) is 208 cm³/mol. The van der Waals surface area contributed by atoms with Crippen LogP contribution in [0.5, 0.6) is 0 Å².